The topological polar surface area (TPSA) is 82.9 Å². The minimum atomic E-state index is -1.49. The monoisotopic (exact) mass is 407 g/mol. The molecule has 5 aliphatic rings. The van der Waals surface area contributed by atoms with Gasteiger partial charge >= 0.3 is 5.97 Å². The zero-order chi connectivity index (χ0) is 20.8. The van der Waals surface area contributed by atoms with E-state index in [2.05, 4.69) is 14.9 Å². The number of rotatable bonds is 7. The first kappa shape index (κ1) is 19.5. The SMILES string of the molecule is O=CC(CC1=CC=NCN1C12CC3CC(CC(C3)C1)C2)(Cc1ccncc1)C(=O)O. The fourth-order valence-corrected chi connectivity index (χ4v) is 6.99. The molecule has 6 heteroatoms. The Hall–Kier alpha value is -2.50. The summed E-state index contributed by atoms with van der Waals surface area (Å²) in [4.78, 5) is 35.5. The third-order valence-electron chi connectivity index (χ3n) is 7.94. The van der Waals surface area contributed by atoms with E-state index in [0.717, 1.165) is 29.0 Å². The number of carbonyl (C=O) groups is 2. The summed E-state index contributed by atoms with van der Waals surface area (Å²) in [6, 6.07) is 3.57. The Morgan fingerprint density at radius 2 is 1.77 bits per heavy atom. The van der Waals surface area contributed by atoms with E-state index in [1.807, 2.05) is 6.08 Å². The van der Waals surface area contributed by atoms with Gasteiger partial charge in [0.05, 0.1) is 0 Å². The summed E-state index contributed by atoms with van der Waals surface area (Å²) in [6.45, 7) is 0.571. The van der Waals surface area contributed by atoms with Crippen LogP contribution in [0.4, 0.5) is 0 Å². The lowest BCUT2D eigenvalue weighted by Gasteiger charge is -2.61. The number of aliphatic carboxylic acids is 1. The quantitative estimate of drug-likeness (QED) is 0.553. The van der Waals surface area contributed by atoms with Crippen LogP contribution >= 0.6 is 0 Å². The van der Waals surface area contributed by atoms with Gasteiger partial charge in [-0.05, 0) is 86.5 Å². The lowest BCUT2D eigenvalue weighted by Crippen LogP contribution is -2.60. The maximum atomic E-state index is 12.4. The van der Waals surface area contributed by atoms with Crippen LogP contribution in [0.3, 0.4) is 0 Å². The van der Waals surface area contributed by atoms with Gasteiger partial charge in [-0.1, -0.05) is 0 Å². The number of hydrogen-bond acceptors (Lipinski definition) is 5. The summed E-state index contributed by atoms with van der Waals surface area (Å²) in [5.41, 5.74) is 0.363. The number of aldehydes is 1. The molecule has 30 heavy (non-hydrogen) atoms. The van der Waals surface area contributed by atoms with Crippen LogP contribution < -0.4 is 0 Å². The van der Waals surface area contributed by atoms with Gasteiger partial charge in [0, 0.05) is 36.3 Å². The van der Waals surface area contributed by atoms with Crippen molar-refractivity contribution >= 4 is 18.5 Å². The lowest BCUT2D eigenvalue weighted by atomic mass is 9.52. The second-order valence-electron chi connectivity index (χ2n) is 9.99. The number of hydrogen-bond donors (Lipinski definition) is 1. The van der Waals surface area contributed by atoms with Crippen molar-refractivity contribution in [1.82, 2.24) is 9.88 Å². The molecule has 158 valence electrons. The molecule has 4 fully saturated rings. The van der Waals surface area contributed by atoms with Crippen LogP contribution in [-0.2, 0) is 16.0 Å². The van der Waals surface area contributed by atoms with Crippen LogP contribution in [0.25, 0.3) is 0 Å². The van der Waals surface area contributed by atoms with E-state index in [1.165, 1.54) is 38.5 Å². The largest absolute Gasteiger partial charge is 0.480 e. The lowest BCUT2D eigenvalue weighted by molar-refractivity contribution is -0.152. The summed E-state index contributed by atoms with van der Waals surface area (Å²) in [5.74, 6) is 1.30. The van der Waals surface area contributed by atoms with Crippen molar-refractivity contribution in [3.8, 4) is 0 Å². The average Bonchev–Trinajstić information content (AvgIpc) is 2.73. The Labute approximate surface area is 177 Å². The van der Waals surface area contributed by atoms with Gasteiger partial charge in [0.1, 0.15) is 18.4 Å². The van der Waals surface area contributed by atoms with Gasteiger partial charge < -0.3 is 14.8 Å². The Morgan fingerprint density at radius 3 is 2.33 bits per heavy atom. The van der Waals surface area contributed by atoms with Crippen molar-refractivity contribution in [1.29, 1.82) is 0 Å². The predicted molar refractivity (Wildman–Crippen MR) is 113 cm³/mol. The van der Waals surface area contributed by atoms with E-state index in [9.17, 15) is 14.7 Å². The fraction of sp³-hybridized carbons (Fsp3) is 0.583. The molecular formula is C24H29N3O3. The molecule has 4 saturated carbocycles. The normalized spacial score (nSPS) is 33.8. The van der Waals surface area contributed by atoms with Crippen LogP contribution in [0.15, 0.2) is 41.3 Å². The number of aliphatic imine (C=N–C) groups is 1. The summed E-state index contributed by atoms with van der Waals surface area (Å²) in [5, 5.41) is 10.1. The maximum Gasteiger partial charge on any atom is 0.317 e. The molecule has 4 aliphatic carbocycles. The highest BCUT2D eigenvalue weighted by Gasteiger charge is 2.54. The molecule has 1 atom stereocenters. The molecule has 6 rings (SSSR count). The Morgan fingerprint density at radius 1 is 1.13 bits per heavy atom. The van der Waals surface area contributed by atoms with Gasteiger partial charge in [0.2, 0.25) is 0 Å². The first-order valence-electron chi connectivity index (χ1n) is 11.1. The number of nitrogens with zero attached hydrogens (tertiary/aromatic N) is 3. The maximum absolute atomic E-state index is 12.4. The molecule has 4 bridgehead atoms. The number of carboxylic acids is 1. The second kappa shape index (κ2) is 7.33. The zero-order valence-corrected chi connectivity index (χ0v) is 17.2. The van der Waals surface area contributed by atoms with Crippen molar-refractivity contribution in [3.05, 3.63) is 41.9 Å². The summed E-state index contributed by atoms with van der Waals surface area (Å²) in [6.07, 6.45) is 15.6. The molecular weight excluding hydrogens is 378 g/mol. The summed E-state index contributed by atoms with van der Waals surface area (Å²) in [7, 11) is 0. The molecule has 0 aromatic carbocycles. The summed E-state index contributed by atoms with van der Waals surface area (Å²) < 4.78 is 0. The molecule has 1 N–H and O–H groups in total. The fourth-order valence-electron chi connectivity index (χ4n) is 6.99. The first-order chi connectivity index (χ1) is 14.5. The van der Waals surface area contributed by atoms with Crippen LogP contribution in [0.2, 0.25) is 0 Å². The highest BCUT2D eigenvalue weighted by atomic mass is 16.4. The number of carbonyl (C=O) groups excluding carboxylic acids is 1. The van der Waals surface area contributed by atoms with Gasteiger partial charge in [0.25, 0.3) is 0 Å². The molecule has 0 amide bonds. The Balaban J connectivity index is 1.45. The molecule has 1 aromatic rings. The van der Waals surface area contributed by atoms with Gasteiger partial charge in [-0.2, -0.15) is 0 Å². The minimum Gasteiger partial charge on any atom is -0.480 e. The third-order valence-corrected chi connectivity index (χ3v) is 7.94. The van der Waals surface area contributed by atoms with Crippen molar-refractivity contribution in [2.24, 2.45) is 28.2 Å². The molecule has 0 spiro atoms. The van der Waals surface area contributed by atoms with Gasteiger partial charge in [-0.3, -0.25) is 14.8 Å². The second-order valence-corrected chi connectivity index (χ2v) is 9.99. The third kappa shape index (κ3) is 3.26. The van der Waals surface area contributed by atoms with E-state index < -0.39 is 11.4 Å². The number of aromatic nitrogens is 1. The Kier molecular flexibility index (Phi) is 4.75. The highest BCUT2D eigenvalue weighted by Crippen LogP contribution is 2.59. The van der Waals surface area contributed by atoms with Crippen molar-refractivity contribution in [2.45, 2.75) is 56.9 Å². The van der Waals surface area contributed by atoms with E-state index in [4.69, 9.17) is 0 Å². The van der Waals surface area contributed by atoms with E-state index in [1.54, 1.807) is 30.7 Å². The van der Waals surface area contributed by atoms with Crippen molar-refractivity contribution in [3.63, 3.8) is 0 Å². The standard InChI is InChI=1S/C24H29N3O3/c28-15-23(22(29)30,10-17-1-4-25-5-2-17)14-21-3-6-26-16-27(21)24-11-18-7-19(12-24)9-20(8-18)13-24/h1-6,15,18-20H,7-14,16H2,(H,29,30). The molecule has 1 aromatic heterocycles. The van der Waals surface area contributed by atoms with Crippen LogP contribution in [0.1, 0.15) is 50.5 Å². The predicted octanol–water partition coefficient (Wildman–Crippen LogP) is 3.48. The van der Waals surface area contributed by atoms with Gasteiger partial charge in [-0.15, -0.1) is 0 Å². The number of carboxylic acid groups (broad SMARTS) is 1. The number of allylic oxidation sites excluding steroid dienone is 2. The minimum absolute atomic E-state index is 0.0855. The van der Waals surface area contributed by atoms with E-state index in [-0.39, 0.29) is 18.4 Å². The average molecular weight is 408 g/mol. The van der Waals surface area contributed by atoms with Crippen molar-refractivity contribution < 1.29 is 14.7 Å². The first-order valence-corrected chi connectivity index (χ1v) is 11.1. The molecule has 1 aliphatic heterocycles. The van der Waals surface area contributed by atoms with E-state index in [0.29, 0.717) is 13.0 Å². The molecule has 2 heterocycles. The van der Waals surface area contributed by atoms with Crippen LogP contribution in [0, 0.1) is 23.2 Å². The molecule has 1 unspecified atom stereocenters. The highest BCUT2D eigenvalue weighted by molar-refractivity contribution is 5.93. The molecule has 0 radical (unpaired) electrons. The van der Waals surface area contributed by atoms with Crippen LogP contribution in [-0.4, -0.2) is 45.7 Å². The van der Waals surface area contributed by atoms with Gasteiger partial charge in [0.15, 0.2) is 0 Å². The van der Waals surface area contributed by atoms with Gasteiger partial charge in [-0.25, -0.2) is 0 Å². The van der Waals surface area contributed by atoms with E-state index >= 15 is 0 Å². The molecule has 0 saturated heterocycles. The Bertz CT molecular complexity index is 859. The number of pyridine rings is 1. The summed E-state index contributed by atoms with van der Waals surface area (Å²) >= 11 is 0. The van der Waals surface area contributed by atoms with Crippen molar-refractivity contribution in [2.75, 3.05) is 6.67 Å². The molecule has 6 nitrogen and oxygen atoms in total. The van der Waals surface area contributed by atoms with Crippen LogP contribution in [0.5, 0.6) is 0 Å². The smallest absolute Gasteiger partial charge is 0.317 e. The zero-order valence-electron chi connectivity index (χ0n) is 17.2.